The van der Waals surface area contributed by atoms with Crippen molar-refractivity contribution in [1.82, 2.24) is 16.2 Å². The summed E-state index contributed by atoms with van der Waals surface area (Å²) >= 11 is 5.01. The highest BCUT2D eigenvalue weighted by Crippen LogP contribution is 2.10. The van der Waals surface area contributed by atoms with Gasteiger partial charge in [0.25, 0.3) is 0 Å². The molecule has 0 aliphatic heterocycles. The van der Waals surface area contributed by atoms with Gasteiger partial charge in [-0.25, -0.2) is 0 Å². The first-order valence-electron chi connectivity index (χ1n) is 4.97. The van der Waals surface area contributed by atoms with Crippen molar-refractivity contribution in [1.29, 1.82) is 0 Å². The van der Waals surface area contributed by atoms with Crippen LogP contribution < -0.4 is 16.2 Å². The molecule has 0 spiro atoms. The molecule has 0 saturated carbocycles. The lowest BCUT2D eigenvalue weighted by Crippen LogP contribution is -2.46. The summed E-state index contributed by atoms with van der Waals surface area (Å²) in [5.74, 6) is -0.184. The second-order valence-electron chi connectivity index (χ2n) is 3.41. The van der Waals surface area contributed by atoms with E-state index in [-0.39, 0.29) is 11.9 Å². The quantitative estimate of drug-likeness (QED) is 0.535. The van der Waals surface area contributed by atoms with E-state index in [1.807, 2.05) is 37.3 Å². The zero-order chi connectivity index (χ0) is 12.0. The molecule has 86 valence electrons. The Morgan fingerprint density at radius 1 is 1.25 bits per heavy atom. The summed E-state index contributed by atoms with van der Waals surface area (Å²) in [7, 11) is 0. The maximum Gasteiger partial charge on any atom is 0.235 e. The monoisotopic (exact) mass is 237 g/mol. The zero-order valence-electron chi connectivity index (χ0n) is 9.28. The van der Waals surface area contributed by atoms with Gasteiger partial charge in [-0.15, -0.1) is 0 Å². The summed E-state index contributed by atoms with van der Waals surface area (Å²) in [6.45, 7) is 3.41. The van der Waals surface area contributed by atoms with Gasteiger partial charge >= 0.3 is 0 Å². The van der Waals surface area contributed by atoms with Crippen LogP contribution in [0.25, 0.3) is 0 Å². The van der Waals surface area contributed by atoms with Crippen LogP contribution in [0.2, 0.25) is 0 Å². The highest BCUT2D eigenvalue weighted by Gasteiger charge is 2.05. The molecule has 0 bridgehead atoms. The molecule has 0 radical (unpaired) electrons. The second kappa shape index (κ2) is 6.07. The predicted octanol–water partition coefficient (Wildman–Crippen LogP) is 1.26. The molecule has 0 aliphatic rings. The number of rotatable bonds is 2. The molecule has 0 aliphatic carbocycles. The smallest absolute Gasteiger partial charge is 0.235 e. The second-order valence-corrected chi connectivity index (χ2v) is 3.82. The summed E-state index contributed by atoms with van der Waals surface area (Å²) in [6, 6.07) is 10.0. The van der Waals surface area contributed by atoms with E-state index in [4.69, 9.17) is 12.2 Å². The molecule has 0 heterocycles. The maximum absolute atomic E-state index is 10.6. The van der Waals surface area contributed by atoms with Gasteiger partial charge in [0.1, 0.15) is 0 Å². The van der Waals surface area contributed by atoms with Gasteiger partial charge in [0.15, 0.2) is 5.11 Å². The fourth-order valence-electron chi connectivity index (χ4n) is 1.20. The molecular formula is C11H15N3OS. The third kappa shape index (κ3) is 4.27. The number of hydrogen-bond donors (Lipinski definition) is 3. The SMILES string of the molecule is CC(=O)NNC(=S)N[C@@H](C)c1ccccc1. The molecule has 16 heavy (non-hydrogen) atoms. The van der Waals surface area contributed by atoms with Crippen LogP contribution in [-0.4, -0.2) is 11.0 Å². The van der Waals surface area contributed by atoms with Crippen LogP contribution in [0.3, 0.4) is 0 Å². The van der Waals surface area contributed by atoms with Crippen LogP contribution in [0, 0.1) is 0 Å². The highest BCUT2D eigenvalue weighted by molar-refractivity contribution is 7.80. The van der Waals surface area contributed by atoms with Gasteiger partial charge in [-0.05, 0) is 24.7 Å². The van der Waals surface area contributed by atoms with Crippen molar-refractivity contribution < 1.29 is 4.79 Å². The minimum absolute atomic E-state index is 0.0926. The number of hydrazine groups is 1. The lowest BCUT2D eigenvalue weighted by molar-refractivity contribution is -0.119. The van der Waals surface area contributed by atoms with Crippen LogP contribution >= 0.6 is 12.2 Å². The van der Waals surface area contributed by atoms with Gasteiger partial charge in [-0.1, -0.05) is 30.3 Å². The molecule has 3 N–H and O–H groups in total. The fraction of sp³-hybridized carbons (Fsp3) is 0.273. The Balaban J connectivity index is 2.43. The number of nitrogens with one attached hydrogen (secondary N) is 3. The van der Waals surface area contributed by atoms with Crippen molar-refractivity contribution in [3.8, 4) is 0 Å². The summed E-state index contributed by atoms with van der Waals surface area (Å²) in [4.78, 5) is 10.6. The van der Waals surface area contributed by atoms with Crippen molar-refractivity contribution >= 4 is 23.2 Å². The summed E-state index contributed by atoms with van der Waals surface area (Å²) in [5.41, 5.74) is 6.15. The van der Waals surface area contributed by atoms with Crippen LogP contribution in [0.15, 0.2) is 30.3 Å². The van der Waals surface area contributed by atoms with Gasteiger partial charge in [0, 0.05) is 6.92 Å². The van der Waals surface area contributed by atoms with Crippen molar-refractivity contribution in [2.24, 2.45) is 0 Å². The summed E-state index contributed by atoms with van der Waals surface area (Å²) in [6.07, 6.45) is 0. The molecule has 1 amide bonds. The van der Waals surface area contributed by atoms with E-state index in [0.717, 1.165) is 5.56 Å². The van der Waals surface area contributed by atoms with E-state index >= 15 is 0 Å². The molecule has 4 nitrogen and oxygen atoms in total. The molecule has 0 unspecified atom stereocenters. The molecule has 1 aromatic carbocycles. The third-order valence-corrected chi connectivity index (χ3v) is 2.22. The van der Waals surface area contributed by atoms with Crippen molar-refractivity contribution in [3.63, 3.8) is 0 Å². The van der Waals surface area contributed by atoms with Crippen molar-refractivity contribution in [3.05, 3.63) is 35.9 Å². The van der Waals surface area contributed by atoms with Gasteiger partial charge in [-0.2, -0.15) is 0 Å². The van der Waals surface area contributed by atoms with Gasteiger partial charge in [-0.3, -0.25) is 15.6 Å². The molecule has 1 rings (SSSR count). The van der Waals surface area contributed by atoms with E-state index in [2.05, 4.69) is 16.2 Å². The highest BCUT2D eigenvalue weighted by atomic mass is 32.1. The Morgan fingerprint density at radius 3 is 2.44 bits per heavy atom. The number of hydrogen-bond acceptors (Lipinski definition) is 2. The van der Waals surface area contributed by atoms with Crippen molar-refractivity contribution in [2.75, 3.05) is 0 Å². The molecule has 0 aromatic heterocycles. The Morgan fingerprint density at radius 2 is 1.88 bits per heavy atom. The summed E-state index contributed by atoms with van der Waals surface area (Å²) in [5, 5.41) is 3.45. The molecule has 5 heteroatoms. The maximum atomic E-state index is 10.6. The largest absolute Gasteiger partial charge is 0.355 e. The minimum atomic E-state index is -0.184. The number of carbonyl (C=O) groups excluding carboxylic acids is 1. The molecule has 1 aromatic rings. The van der Waals surface area contributed by atoms with E-state index in [0.29, 0.717) is 5.11 Å². The first-order valence-corrected chi connectivity index (χ1v) is 5.38. The molecule has 0 fully saturated rings. The lowest BCUT2D eigenvalue weighted by atomic mass is 10.1. The van der Waals surface area contributed by atoms with Crippen LogP contribution in [-0.2, 0) is 4.79 Å². The van der Waals surface area contributed by atoms with Gasteiger partial charge in [0.2, 0.25) is 5.91 Å². The molecular weight excluding hydrogens is 222 g/mol. The average molecular weight is 237 g/mol. The van der Waals surface area contributed by atoms with E-state index in [1.54, 1.807) is 0 Å². The Hall–Kier alpha value is -1.62. The minimum Gasteiger partial charge on any atom is -0.355 e. The predicted molar refractivity (Wildman–Crippen MR) is 67.5 cm³/mol. The normalized spacial score (nSPS) is 11.4. The Kier molecular flexibility index (Phi) is 4.72. The van der Waals surface area contributed by atoms with E-state index in [9.17, 15) is 4.79 Å². The van der Waals surface area contributed by atoms with E-state index in [1.165, 1.54) is 6.92 Å². The lowest BCUT2D eigenvalue weighted by Gasteiger charge is -2.17. The van der Waals surface area contributed by atoms with Crippen molar-refractivity contribution in [2.45, 2.75) is 19.9 Å². The van der Waals surface area contributed by atoms with Gasteiger partial charge < -0.3 is 5.32 Å². The first kappa shape index (κ1) is 12.4. The van der Waals surface area contributed by atoms with Crippen LogP contribution in [0.1, 0.15) is 25.5 Å². The van der Waals surface area contributed by atoms with Gasteiger partial charge in [0.05, 0.1) is 6.04 Å². The standard InChI is InChI=1S/C11H15N3OS/c1-8(10-6-4-3-5-7-10)12-11(16)14-13-9(2)15/h3-8H,1-2H3,(H,13,15)(H2,12,14,16)/t8-/m0/s1. The van der Waals surface area contributed by atoms with E-state index < -0.39 is 0 Å². The first-order chi connectivity index (χ1) is 7.59. The molecule has 0 saturated heterocycles. The Bertz CT molecular complexity index is 367. The Labute approximate surface area is 100 Å². The number of benzene rings is 1. The van der Waals surface area contributed by atoms with Crippen LogP contribution in [0.4, 0.5) is 0 Å². The third-order valence-electron chi connectivity index (χ3n) is 2.00. The number of amides is 1. The number of thiocarbonyl (C=S) groups is 1. The fourth-order valence-corrected chi connectivity index (χ4v) is 1.43. The summed E-state index contributed by atoms with van der Waals surface area (Å²) < 4.78 is 0. The topological polar surface area (TPSA) is 53.2 Å². The average Bonchev–Trinajstić information content (AvgIpc) is 2.27. The van der Waals surface area contributed by atoms with Crippen LogP contribution in [0.5, 0.6) is 0 Å². The molecule has 1 atom stereocenters. The zero-order valence-corrected chi connectivity index (χ0v) is 10.1. The number of carbonyl (C=O) groups is 1.